The molecule has 1 aliphatic rings. The SMILES string of the molecule is CCCCS(=O)(=O)NCC(C)(C)N1CCOCC1. The number of hydrogen-bond donors (Lipinski definition) is 1. The van der Waals surface area contributed by atoms with E-state index < -0.39 is 10.0 Å². The highest BCUT2D eigenvalue weighted by Crippen LogP contribution is 2.15. The summed E-state index contributed by atoms with van der Waals surface area (Å²) in [6.45, 7) is 9.78. The van der Waals surface area contributed by atoms with Crippen LogP contribution in [0.3, 0.4) is 0 Å². The summed E-state index contributed by atoms with van der Waals surface area (Å²) in [5, 5.41) is 0. The lowest BCUT2D eigenvalue weighted by Gasteiger charge is -2.40. The maximum atomic E-state index is 11.8. The van der Waals surface area contributed by atoms with Crippen molar-refractivity contribution >= 4 is 10.0 Å². The van der Waals surface area contributed by atoms with Gasteiger partial charge in [0.25, 0.3) is 0 Å². The van der Waals surface area contributed by atoms with Crippen LogP contribution in [0.15, 0.2) is 0 Å². The van der Waals surface area contributed by atoms with Gasteiger partial charge in [-0.15, -0.1) is 0 Å². The largest absolute Gasteiger partial charge is 0.379 e. The van der Waals surface area contributed by atoms with Crippen LogP contribution in [0.25, 0.3) is 0 Å². The molecule has 6 heteroatoms. The van der Waals surface area contributed by atoms with Crippen LogP contribution in [-0.4, -0.2) is 57.5 Å². The quantitative estimate of drug-likeness (QED) is 0.749. The molecule has 0 radical (unpaired) electrons. The topological polar surface area (TPSA) is 58.6 Å². The van der Waals surface area contributed by atoms with E-state index in [9.17, 15) is 8.42 Å². The Bertz CT molecular complexity index is 335. The summed E-state index contributed by atoms with van der Waals surface area (Å²) in [6, 6.07) is 0. The molecule has 1 heterocycles. The number of nitrogens with zero attached hydrogens (tertiary/aromatic N) is 1. The minimum atomic E-state index is -3.12. The van der Waals surface area contributed by atoms with Gasteiger partial charge in [0.15, 0.2) is 0 Å². The third-order valence-corrected chi connectivity index (χ3v) is 4.77. The molecule has 0 saturated carbocycles. The van der Waals surface area contributed by atoms with Crippen LogP contribution in [0.5, 0.6) is 0 Å². The Morgan fingerprint density at radius 1 is 1.28 bits per heavy atom. The van der Waals surface area contributed by atoms with Gasteiger partial charge >= 0.3 is 0 Å². The molecule has 5 nitrogen and oxygen atoms in total. The Hall–Kier alpha value is -0.170. The van der Waals surface area contributed by atoms with Crippen molar-refractivity contribution in [3.8, 4) is 0 Å². The first-order valence-electron chi connectivity index (χ1n) is 6.67. The smallest absolute Gasteiger partial charge is 0.211 e. The zero-order chi connectivity index (χ0) is 13.6. The van der Waals surface area contributed by atoms with E-state index in [0.717, 1.165) is 32.7 Å². The Morgan fingerprint density at radius 3 is 2.44 bits per heavy atom. The number of ether oxygens (including phenoxy) is 1. The maximum absolute atomic E-state index is 11.8. The molecule has 0 aromatic rings. The lowest BCUT2D eigenvalue weighted by Crippen LogP contribution is -2.55. The van der Waals surface area contributed by atoms with Crippen molar-refractivity contribution in [2.24, 2.45) is 0 Å². The van der Waals surface area contributed by atoms with Gasteiger partial charge in [-0.05, 0) is 20.3 Å². The lowest BCUT2D eigenvalue weighted by atomic mass is 10.0. The normalized spacial score (nSPS) is 19.1. The summed E-state index contributed by atoms with van der Waals surface area (Å²) in [5.74, 6) is 0.225. The fourth-order valence-corrected chi connectivity index (χ4v) is 3.36. The molecule has 0 amide bonds. The molecule has 108 valence electrons. The average Bonchev–Trinajstić information content (AvgIpc) is 2.36. The van der Waals surface area contributed by atoms with Crippen LogP contribution in [0.2, 0.25) is 0 Å². The van der Waals surface area contributed by atoms with Gasteiger partial charge in [0, 0.05) is 25.2 Å². The summed E-state index contributed by atoms with van der Waals surface area (Å²) in [7, 11) is -3.12. The summed E-state index contributed by atoms with van der Waals surface area (Å²) >= 11 is 0. The van der Waals surface area contributed by atoms with Crippen LogP contribution in [0.1, 0.15) is 33.6 Å². The summed E-state index contributed by atoms with van der Waals surface area (Å²) in [5.41, 5.74) is -0.164. The second-order valence-corrected chi connectivity index (χ2v) is 7.33. The van der Waals surface area contributed by atoms with Crippen molar-refractivity contribution in [2.75, 3.05) is 38.6 Å². The van der Waals surface area contributed by atoms with Crippen molar-refractivity contribution < 1.29 is 13.2 Å². The molecule has 0 aliphatic carbocycles. The van der Waals surface area contributed by atoms with E-state index in [-0.39, 0.29) is 11.3 Å². The fraction of sp³-hybridized carbons (Fsp3) is 1.00. The number of unbranched alkanes of at least 4 members (excludes halogenated alkanes) is 1. The predicted octanol–water partition coefficient (Wildman–Crippen LogP) is 0.817. The highest BCUT2D eigenvalue weighted by Gasteiger charge is 2.29. The van der Waals surface area contributed by atoms with Crippen LogP contribution >= 0.6 is 0 Å². The molecular weight excluding hydrogens is 252 g/mol. The molecule has 1 saturated heterocycles. The predicted molar refractivity (Wildman–Crippen MR) is 73.2 cm³/mol. The molecular formula is C12H26N2O3S. The van der Waals surface area contributed by atoms with Gasteiger partial charge < -0.3 is 4.74 Å². The lowest BCUT2D eigenvalue weighted by molar-refractivity contribution is -0.00803. The van der Waals surface area contributed by atoms with Crippen molar-refractivity contribution in [3.05, 3.63) is 0 Å². The standard InChI is InChI=1S/C12H26N2O3S/c1-4-5-10-18(15,16)13-11-12(2,3)14-6-8-17-9-7-14/h13H,4-11H2,1-3H3. The Balaban J connectivity index is 2.44. The van der Waals surface area contributed by atoms with Crippen molar-refractivity contribution in [3.63, 3.8) is 0 Å². The minimum Gasteiger partial charge on any atom is -0.379 e. The van der Waals surface area contributed by atoms with Crippen LogP contribution in [-0.2, 0) is 14.8 Å². The van der Waals surface area contributed by atoms with Crippen molar-refractivity contribution in [1.82, 2.24) is 9.62 Å². The van der Waals surface area contributed by atoms with E-state index in [4.69, 9.17) is 4.74 Å². The van der Waals surface area contributed by atoms with E-state index in [1.165, 1.54) is 0 Å². The van der Waals surface area contributed by atoms with Gasteiger partial charge in [0.05, 0.1) is 19.0 Å². The molecule has 0 aromatic carbocycles. The van der Waals surface area contributed by atoms with Crippen LogP contribution < -0.4 is 4.72 Å². The average molecular weight is 278 g/mol. The molecule has 0 aromatic heterocycles. The van der Waals surface area contributed by atoms with Gasteiger partial charge in [-0.1, -0.05) is 13.3 Å². The Labute approximate surface area is 111 Å². The molecule has 1 N–H and O–H groups in total. The third kappa shape index (κ3) is 5.22. The highest BCUT2D eigenvalue weighted by atomic mass is 32.2. The second kappa shape index (κ2) is 6.84. The van der Waals surface area contributed by atoms with E-state index >= 15 is 0 Å². The molecule has 18 heavy (non-hydrogen) atoms. The summed E-state index contributed by atoms with van der Waals surface area (Å²) < 4.78 is 31.6. The molecule has 0 atom stereocenters. The zero-order valence-corrected chi connectivity index (χ0v) is 12.6. The van der Waals surface area contributed by atoms with Crippen LogP contribution in [0.4, 0.5) is 0 Å². The van der Waals surface area contributed by atoms with Crippen molar-refractivity contribution in [2.45, 2.75) is 39.2 Å². The molecule has 0 bridgehead atoms. The monoisotopic (exact) mass is 278 g/mol. The summed E-state index contributed by atoms with van der Waals surface area (Å²) in [4.78, 5) is 2.28. The molecule has 0 unspecified atom stereocenters. The van der Waals surface area contributed by atoms with Gasteiger partial charge in [-0.2, -0.15) is 0 Å². The third-order valence-electron chi connectivity index (χ3n) is 3.36. The van der Waals surface area contributed by atoms with Gasteiger partial charge in [-0.3, -0.25) is 4.90 Å². The fourth-order valence-electron chi connectivity index (χ4n) is 1.97. The highest BCUT2D eigenvalue weighted by molar-refractivity contribution is 7.89. The van der Waals surface area contributed by atoms with Gasteiger partial charge in [-0.25, -0.2) is 13.1 Å². The molecule has 1 rings (SSSR count). The van der Waals surface area contributed by atoms with Crippen LogP contribution in [0, 0.1) is 0 Å². The first-order chi connectivity index (χ1) is 8.37. The van der Waals surface area contributed by atoms with E-state index in [1.807, 2.05) is 6.92 Å². The Morgan fingerprint density at radius 2 is 1.89 bits per heavy atom. The second-order valence-electron chi connectivity index (χ2n) is 5.41. The molecule has 0 spiro atoms. The molecule has 1 fully saturated rings. The van der Waals surface area contributed by atoms with Gasteiger partial charge in [0.1, 0.15) is 0 Å². The minimum absolute atomic E-state index is 0.164. The Kier molecular flexibility index (Phi) is 6.04. The number of sulfonamides is 1. The number of hydrogen-bond acceptors (Lipinski definition) is 4. The zero-order valence-electron chi connectivity index (χ0n) is 11.7. The van der Waals surface area contributed by atoms with E-state index in [0.29, 0.717) is 13.0 Å². The number of nitrogens with one attached hydrogen (secondary N) is 1. The van der Waals surface area contributed by atoms with Crippen molar-refractivity contribution in [1.29, 1.82) is 0 Å². The number of morpholine rings is 1. The maximum Gasteiger partial charge on any atom is 0.211 e. The first-order valence-corrected chi connectivity index (χ1v) is 8.33. The van der Waals surface area contributed by atoms with Gasteiger partial charge in [0.2, 0.25) is 10.0 Å². The summed E-state index contributed by atoms with van der Waals surface area (Å²) in [6.07, 6.45) is 1.61. The van der Waals surface area contributed by atoms with E-state index in [2.05, 4.69) is 23.5 Å². The number of rotatable bonds is 7. The van der Waals surface area contributed by atoms with E-state index in [1.54, 1.807) is 0 Å². The first kappa shape index (κ1) is 15.9. The molecule has 1 aliphatic heterocycles.